The van der Waals surface area contributed by atoms with Crippen molar-refractivity contribution in [2.75, 3.05) is 0 Å². The van der Waals surface area contributed by atoms with E-state index < -0.39 is 0 Å². The molecule has 0 amide bonds. The van der Waals surface area contributed by atoms with Crippen molar-refractivity contribution in [1.29, 1.82) is 0 Å². The molecule has 2 aromatic carbocycles. The van der Waals surface area contributed by atoms with Gasteiger partial charge in [0.2, 0.25) is 0 Å². The van der Waals surface area contributed by atoms with Gasteiger partial charge in [-0.25, -0.2) is 4.98 Å². The van der Waals surface area contributed by atoms with Crippen molar-refractivity contribution in [3.05, 3.63) is 195 Å². The molecule has 14 rings (SSSR count). The van der Waals surface area contributed by atoms with E-state index in [1.165, 1.54) is 0 Å². The number of nitrogens with zero attached hydrogens (tertiary/aromatic N) is 12. The van der Waals surface area contributed by atoms with Crippen LogP contribution in [0, 0.1) is 12.3 Å². The summed E-state index contributed by atoms with van der Waals surface area (Å²) >= 11 is 0. The van der Waals surface area contributed by atoms with Crippen molar-refractivity contribution >= 4 is 93.0 Å². The third-order valence-electron chi connectivity index (χ3n) is 12.7. The highest BCUT2D eigenvalue weighted by atomic mass is 16.1. The lowest BCUT2D eigenvalue weighted by Gasteiger charge is -2.17. The average molecular weight is 849 g/mol. The molecule has 0 aliphatic heterocycles. The van der Waals surface area contributed by atoms with Gasteiger partial charge in [0.15, 0.2) is 5.78 Å². The Bertz CT molecular complexity index is 3600. The number of carbonyl (C=O) groups excluding carboxylic acids is 1. The molecule has 0 fully saturated rings. The van der Waals surface area contributed by atoms with Crippen LogP contribution >= 0.6 is 0 Å². The average Bonchev–Trinajstić information content (AvgIpc) is 4.11. The SMILES string of the molecule is O=C(c1cc(-n2c3c#cncc3c3cnccc32)cc(-n2c3ccncc3c3cnccc32)c1)c1cc(-n2c3ccncc3c3cnccc32)cc(-n2c3ccncc3c3cnccc32)c1. The molecular weight excluding hydrogens is 821 g/mol. The highest BCUT2D eigenvalue weighted by Gasteiger charge is 2.23. The molecule has 13 heteroatoms. The summed E-state index contributed by atoms with van der Waals surface area (Å²) < 4.78 is 8.63. The minimum Gasteiger partial charge on any atom is -0.309 e. The van der Waals surface area contributed by atoms with Gasteiger partial charge in [0, 0.05) is 176 Å². The Kier molecular flexibility index (Phi) is 7.43. The molecule has 306 valence electrons. The van der Waals surface area contributed by atoms with Crippen LogP contribution in [-0.2, 0) is 0 Å². The van der Waals surface area contributed by atoms with Crippen LogP contribution in [0.15, 0.2) is 172 Å². The van der Waals surface area contributed by atoms with Crippen molar-refractivity contribution in [2.45, 2.75) is 0 Å². The number of rotatable bonds is 6. The van der Waals surface area contributed by atoms with Gasteiger partial charge in [-0.05, 0) is 84.9 Å². The van der Waals surface area contributed by atoms with Crippen LogP contribution in [0.25, 0.3) is 110 Å². The van der Waals surface area contributed by atoms with Gasteiger partial charge in [-0.1, -0.05) is 0 Å². The summed E-state index contributed by atoms with van der Waals surface area (Å²) in [6, 6.07) is 29.3. The molecule has 66 heavy (non-hydrogen) atoms. The lowest BCUT2D eigenvalue weighted by Crippen LogP contribution is -2.09. The molecule has 14 aromatic rings. The highest BCUT2D eigenvalue weighted by molar-refractivity contribution is 6.14. The zero-order valence-electron chi connectivity index (χ0n) is 34.4. The molecule has 0 N–H and O–H groups in total. The van der Waals surface area contributed by atoms with Crippen LogP contribution in [0.3, 0.4) is 0 Å². The normalized spacial score (nSPS) is 11.9. The van der Waals surface area contributed by atoms with Crippen LogP contribution < -0.4 is 0 Å². The molecule has 12 aromatic heterocycles. The first-order chi connectivity index (χ1) is 32.7. The zero-order valence-corrected chi connectivity index (χ0v) is 34.4. The molecule has 0 spiro atoms. The molecule has 0 aliphatic carbocycles. The summed E-state index contributed by atoms with van der Waals surface area (Å²) in [5.74, 6) is -0.182. The number of ketones is 1. The monoisotopic (exact) mass is 848 g/mol. The maximum absolute atomic E-state index is 15.9. The second kappa shape index (κ2) is 13.7. The number of carbonyl (C=O) groups is 1. The molecule has 0 unspecified atom stereocenters. The third kappa shape index (κ3) is 5.08. The van der Waals surface area contributed by atoms with Crippen molar-refractivity contribution in [3.8, 4) is 22.7 Å². The Labute approximate surface area is 372 Å². The fourth-order valence-corrected chi connectivity index (χ4v) is 9.96. The smallest absolute Gasteiger partial charge is 0.193 e. The summed E-state index contributed by atoms with van der Waals surface area (Å²) in [7, 11) is 0. The Balaban J connectivity index is 1.07. The van der Waals surface area contributed by atoms with E-state index in [-0.39, 0.29) is 5.78 Å². The van der Waals surface area contributed by atoms with E-state index in [4.69, 9.17) is 0 Å². The number of aromatic nitrogens is 12. The molecule has 0 saturated heterocycles. The first-order valence-corrected chi connectivity index (χ1v) is 21.1. The largest absolute Gasteiger partial charge is 0.309 e. The topological polar surface area (TPSA) is 140 Å². The summed E-state index contributed by atoms with van der Waals surface area (Å²) in [6.45, 7) is 0. The van der Waals surface area contributed by atoms with Crippen LogP contribution in [0.4, 0.5) is 0 Å². The van der Waals surface area contributed by atoms with E-state index in [2.05, 4.69) is 82.5 Å². The fourth-order valence-electron chi connectivity index (χ4n) is 9.96. The molecule has 0 radical (unpaired) electrons. The van der Waals surface area contributed by atoms with Gasteiger partial charge >= 0.3 is 0 Å². The molecule has 0 bridgehead atoms. The quantitative estimate of drug-likeness (QED) is 0.150. The van der Waals surface area contributed by atoms with Crippen LogP contribution in [-0.4, -0.2) is 63.9 Å². The Morgan fingerprint density at radius 1 is 0.348 bits per heavy atom. The molecule has 0 atom stereocenters. The lowest BCUT2D eigenvalue weighted by atomic mass is 10.00. The maximum Gasteiger partial charge on any atom is 0.193 e. The van der Waals surface area contributed by atoms with E-state index in [0.717, 1.165) is 110 Å². The molecule has 12 heterocycles. The van der Waals surface area contributed by atoms with Crippen molar-refractivity contribution < 1.29 is 4.79 Å². The van der Waals surface area contributed by atoms with E-state index >= 15 is 4.79 Å². The summed E-state index contributed by atoms with van der Waals surface area (Å²) in [5, 5.41) is 7.47. The zero-order chi connectivity index (χ0) is 43.5. The Hall–Kier alpha value is -9.67. The van der Waals surface area contributed by atoms with Gasteiger partial charge < -0.3 is 18.3 Å². The van der Waals surface area contributed by atoms with Crippen LogP contribution in [0.1, 0.15) is 15.9 Å². The first-order valence-electron chi connectivity index (χ1n) is 21.1. The maximum atomic E-state index is 15.9. The summed E-state index contributed by atoms with van der Waals surface area (Å²) in [4.78, 5) is 51.6. The number of benzene rings is 2. The number of fused-ring (bicyclic) bond motifs is 12. The van der Waals surface area contributed by atoms with Crippen LogP contribution in [0.5, 0.6) is 0 Å². The Morgan fingerprint density at radius 3 is 0.970 bits per heavy atom. The molecular formula is C53H28N12O. The van der Waals surface area contributed by atoms with Gasteiger partial charge in [-0.15, -0.1) is 0 Å². The standard InChI is InChI=1S/C53H28N12O/c66-53(31-17-33(62-45-1-9-54-23-37(45)38-24-55-10-2-46(38)62)21-34(18-31)63-47-3-11-56-25-39(47)40-26-57-12-4-48(40)63)32-19-35(64-49-5-13-58-27-41(49)42-28-59-14-6-50(42)64)22-36(20-32)65-51-7-15-60-29-43(51)44-30-61-16-8-52(44)65/h1-7,9-15,17-30H. The number of hydrogen-bond donors (Lipinski definition) is 0. The van der Waals surface area contributed by atoms with E-state index in [0.29, 0.717) is 11.1 Å². The highest BCUT2D eigenvalue weighted by Crippen LogP contribution is 2.38. The number of pyridine rings is 7. The van der Waals surface area contributed by atoms with Gasteiger partial charge in [0.1, 0.15) is 5.52 Å². The van der Waals surface area contributed by atoms with Gasteiger partial charge in [-0.3, -0.25) is 39.7 Å². The van der Waals surface area contributed by atoms with E-state index in [1.54, 1.807) is 49.6 Å². The predicted octanol–water partition coefficient (Wildman–Crippen LogP) is 10.1. The number of hydrogen-bond acceptors (Lipinski definition) is 9. The second-order valence-electron chi connectivity index (χ2n) is 16.2. The van der Waals surface area contributed by atoms with E-state index in [9.17, 15) is 0 Å². The second-order valence-corrected chi connectivity index (χ2v) is 16.2. The summed E-state index contributed by atoms with van der Waals surface area (Å²) in [6.07, 6.45) is 30.2. The minimum absolute atomic E-state index is 0.182. The van der Waals surface area contributed by atoms with Crippen molar-refractivity contribution in [1.82, 2.24) is 58.1 Å². The minimum atomic E-state index is -0.182. The van der Waals surface area contributed by atoms with E-state index in [1.807, 2.05) is 110 Å². The third-order valence-corrected chi connectivity index (χ3v) is 12.7. The summed E-state index contributed by atoms with van der Waals surface area (Å²) in [5.41, 5.74) is 11.3. The van der Waals surface area contributed by atoms with Crippen molar-refractivity contribution in [3.63, 3.8) is 0 Å². The molecule has 13 nitrogen and oxygen atoms in total. The van der Waals surface area contributed by atoms with Crippen molar-refractivity contribution in [2.24, 2.45) is 0 Å². The van der Waals surface area contributed by atoms with Gasteiger partial charge in [0.05, 0.1) is 38.6 Å². The Morgan fingerprint density at radius 2 is 0.636 bits per heavy atom. The predicted molar refractivity (Wildman–Crippen MR) is 254 cm³/mol. The first kappa shape index (κ1) is 35.9. The van der Waals surface area contributed by atoms with Gasteiger partial charge in [-0.2, -0.15) is 0 Å². The van der Waals surface area contributed by atoms with Gasteiger partial charge in [0.25, 0.3) is 0 Å². The van der Waals surface area contributed by atoms with Crippen LogP contribution in [0.2, 0.25) is 0 Å². The fraction of sp³-hybridized carbons (Fsp3) is 0. The lowest BCUT2D eigenvalue weighted by molar-refractivity contribution is 0.103. The molecule has 0 aliphatic rings. The molecule has 0 saturated carbocycles.